The Morgan fingerprint density at radius 3 is 1.67 bits per heavy atom. The van der Waals surface area contributed by atoms with Gasteiger partial charge in [-0.2, -0.15) is 0 Å². The first kappa shape index (κ1) is 32.7. The second-order valence-electron chi connectivity index (χ2n) is 14.6. The molecular weight excluding hydrogens is 663 g/mol. The van der Waals surface area contributed by atoms with E-state index in [2.05, 4.69) is 230 Å². The van der Waals surface area contributed by atoms with Crippen LogP contribution < -0.4 is 4.90 Å². The monoisotopic (exact) mass is 701 g/mol. The van der Waals surface area contributed by atoms with Crippen molar-refractivity contribution >= 4 is 27.8 Å². The molecule has 0 radical (unpaired) electrons. The molecular formula is C54H39N. The molecule has 0 N–H and O–H groups in total. The van der Waals surface area contributed by atoms with Crippen LogP contribution in [0.2, 0.25) is 0 Å². The molecule has 0 aromatic heterocycles. The quantitative estimate of drug-likeness (QED) is 0.160. The van der Waals surface area contributed by atoms with Crippen molar-refractivity contribution in [1.29, 1.82) is 0 Å². The predicted octanol–water partition coefficient (Wildman–Crippen LogP) is 14.6. The minimum Gasteiger partial charge on any atom is -0.310 e. The van der Waals surface area contributed by atoms with Crippen LogP contribution in [0.15, 0.2) is 218 Å². The minimum absolute atomic E-state index is 0.274. The molecule has 1 aliphatic rings. The molecule has 9 aromatic carbocycles. The minimum atomic E-state index is -0.274. The third-order valence-electron chi connectivity index (χ3n) is 11.5. The van der Waals surface area contributed by atoms with Crippen LogP contribution in [-0.4, -0.2) is 0 Å². The van der Waals surface area contributed by atoms with E-state index in [9.17, 15) is 0 Å². The lowest BCUT2D eigenvalue weighted by Crippen LogP contribution is -2.22. The zero-order valence-electron chi connectivity index (χ0n) is 30.7. The van der Waals surface area contributed by atoms with Gasteiger partial charge >= 0.3 is 0 Å². The van der Waals surface area contributed by atoms with Gasteiger partial charge in [0, 0.05) is 22.4 Å². The van der Waals surface area contributed by atoms with E-state index in [0.29, 0.717) is 0 Å². The Kier molecular flexibility index (Phi) is 8.00. The maximum Gasteiger partial charge on any atom is 0.0540 e. The van der Waals surface area contributed by atoms with Gasteiger partial charge in [-0.1, -0.05) is 182 Å². The molecule has 0 fully saturated rings. The van der Waals surface area contributed by atoms with E-state index in [4.69, 9.17) is 0 Å². The Morgan fingerprint density at radius 1 is 0.345 bits per heavy atom. The summed E-state index contributed by atoms with van der Waals surface area (Å²) in [5, 5.41) is 2.44. The number of hydrogen-bond acceptors (Lipinski definition) is 1. The van der Waals surface area contributed by atoms with Crippen molar-refractivity contribution < 1.29 is 0 Å². The van der Waals surface area contributed by atoms with E-state index < -0.39 is 0 Å². The van der Waals surface area contributed by atoms with Gasteiger partial charge in [0.1, 0.15) is 0 Å². The number of fused-ring (bicyclic) bond motifs is 4. The Balaban J connectivity index is 1.14. The highest BCUT2D eigenvalue weighted by atomic mass is 15.1. The first-order valence-electron chi connectivity index (χ1n) is 19.1. The van der Waals surface area contributed by atoms with Gasteiger partial charge in [0.25, 0.3) is 0 Å². The summed E-state index contributed by atoms with van der Waals surface area (Å²) in [5.41, 5.74) is 16.9. The second-order valence-corrected chi connectivity index (χ2v) is 14.6. The molecule has 1 aliphatic carbocycles. The molecule has 0 amide bonds. The van der Waals surface area contributed by atoms with Crippen molar-refractivity contribution in [3.63, 3.8) is 0 Å². The Morgan fingerprint density at radius 2 is 0.891 bits per heavy atom. The molecule has 0 spiro atoms. The fourth-order valence-corrected chi connectivity index (χ4v) is 8.80. The first-order chi connectivity index (χ1) is 27.2. The molecule has 1 heteroatoms. The summed E-state index contributed by atoms with van der Waals surface area (Å²) in [6, 6.07) is 79.7. The van der Waals surface area contributed by atoms with E-state index in [1.165, 1.54) is 72.0 Å². The predicted molar refractivity (Wildman–Crippen MR) is 232 cm³/mol. The van der Waals surface area contributed by atoms with E-state index in [1.54, 1.807) is 0 Å². The van der Waals surface area contributed by atoms with Crippen LogP contribution in [0, 0.1) is 0 Å². The summed E-state index contributed by atoms with van der Waals surface area (Å²) in [5.74, 6) is 0. The number of para-hydroxylation sites is 1. The zero-order valence-corrected chi connectivity index (χ0v) is 30.7. The van der Waals surface area contributed by atoms with E-state index in [1.807, 2.05) is 0 Å². The van der Waals surface area contributed by atoms with Crippen LogP contribution in [0.3, 0.4) is 0 Å². The molecule has 1 nitrogen and oxygen atoms in total. The van der Waals surface area contributed by atoms with Gasteiger partial charge in [0.15, 0.2) is 0 Å². The Labute approximate surface area is 323 Å². The lowest BCUT2D eigenvalue weighted by atomic mass is 9.74. The van der Waals surface area contributed by atoms with E-state index in [0.717, 1.165) is 17.1 Å². The summed E-state index contributed by atoms with van der Waals surface area (Å²) in [4.78, 5) is 2.43. The molecule has 1 atom stereocenters. The summed E-state index contributed by atoms with van der Waals surface area (Å²) in [6.07, 6.45) is 0. The normalized spacial score (nSPS) is 14.3. The molecule has 10 rings (SSSR count). The van der Waals surface area contributed by atoms with Gasteiger partial charge in [-0.05, 0) is 110 Å². The molecule has 0 aliphatic heterocycles. The number of rotatable bonds is 7. The standard InChI is InChI=1S/C54H39N/c1-54(44-22-6-3-7-23-44)50-27-12-10-25-49(50)53-48(26-15-28-51(53)54)47-24-11-13-29-52(47)55(46-35-32-39-18-8-9-19-43(39)37-46)45-33-30-40(31-34-45)42-21-14-20-41(36-42)38-16-4-2-5-17-38/h2-37H,1H3. The van der Waals surface area contributed by atoms with Crippen LogP contribution in [0.25, 0.3) is 55.3 Å². The van der Waals surface area contributed by atoms with Crippen LogP contribution >= 0.6 is 0 Å². The van der Waals surface area contributed by atoms with E-state index >= 15 is 0 Å². The number of anilines is 3. The van der Waals surface area contributed by atoms with Crippen molar-refractivity contribution in [3.05, 3.63) is 235 Å². The summed E-state index contributed by atoms with van der Waals surface area (Å²) >= 11 is 0. The smallest absolute Gasteiger partial charge is 0.0540 e. The maximum atomic E-state index is 2.43. The van der Waals surface area contributed by atoms with Crippen molar-refractivity contribution in [2.24, 2.45) is 0 Å². The van der Waals surface area contributed by atoms with Crippen molar-refractivity contribution in [2.45, 2.75) is 12.3 Å². The topological polar surface area (TPSA) is 3.24 Å². The number of benzene rings is 9. The van der Waals surface area contributed by atoms with Gasteiger partial charge in [-0.25, -0.2) is 0 Å². The summed E-state index contributed by atoms with van der Waals surface area (Å²) in [6.45, 7) is 2.39. The lowest BCUT2D eigenvalue weighted by molar-refractivity contribution is 0.714. The third kappa shape index (κ3) is 5.56. The molecule has 0 heterocycles. The van der Waals surface area contributed by atoms with Gasteiger partial charge in [-0.15, -0.1) is 0 Å². The van der Waals surface area contributed by atoms with Crippen LogP contribution in [-0.2, 0) is 5.41 Å². The molecule has 0 bridgehead atoms. The van der Waals surface area contributed by atoms with Crippen molar-refractivity contribution in [2.75, 3.05) is 4.90 Å². The van der Waals surface area contributed by atoms with Gasteiger partial charge in [0.2, 0.25) is 0 Å². The fraction of sp³-hybridized carbons (Fsp3) is 0.0370. The second kappa shape index (κ2) is 13.5. The average molecular weight is 702 g/mol. The van der Waals surface area contributed by atoms with Crippen LogP contribution in [0.1, 0.15) is 23.6 Å². The lowest BCUT2D eigenvalue weighted by Gasteiger charge is -2.30. The van der Waals surface area contributed by atoms with Gasteiger partial charge < -0.3 is 4.90 Å². The highest BCUT2D eigenvalue weighted by Crippen LogP contribution is 2.56. The summed E-state index contributed by atoms with van der Waals surface area (Å²) in [7, 11) is 0. The Hall–Kier alpha value is -6.96. The molecule has 9 aromatic rings. The number of nitrogens with zero attached hydrogens (tertiary/aromatic N) is 1. The van der Waals surface area contributed by atoms with Crippen LogP contribution in [0.5, 0.6) is 0 Å². The highest BCUT2D eigenvalue weighted by molar-refractivity contribution is 5.99. The molecule has 0 saturated heterocycles. The van der Waals surface area contributed by atoms with Crippen molar-refractivity contribution in [3.8, 4) is 44.5 Å². The molecule has 1 unspecified atom stereocenters. The third-order valence-corrected chi connectivity index (χ3v) is 11.5. The molecule has 0 saturated carbocycles. The van der Waals surface area contributed by atoms with Gasteiger partial charge in [-0.3, -0.25) is 0 Å². The Bertz CT molecular complexity index is 2820. The SMILES string of the molecule is CC1(c2ccccc2)c2ccccc2-c2c(-c3ccccc3N(c3ccc(-c4cccc(-c5ccccc5)c4)cc3)c3ccc4ccccc4c3)cccc21. The highest BCUT2D eigenvalue weighted by Gasteiger charge is 2.41. The zero-order chi connectivity index (χ0) is 36.8. The fourth-order valence-electron chi connectivity index (χ4n) is 8.80. The van der Waals surface area contributed by atoms with E-state index in [-0.39, 0.29) is 5.41 Å². The average Bonchev–Trinajstić information content (AvgIpc) is 3.53. The largest absolute Gasteiger partial charge is 0.310 e. The molecule has 55 heavy (non-hydrogen) atoms. The summed E-state index contributed by atoms with van der Waals surface area (Å²) < 4.78 is 0. The van der Waals surface area contributed by atoms with Crippen molar-refractivity contribution in [1.82, 2.24) is 0 Å². The van der Waals surface area contributed by atoms with Crippen LogP contribution in [0.4, 0.5) is 17.1 Å². The number of hydrogen-bond donors (Lipinski definition) is 0. The molecule has 260 valence electrons. The maximum absolute atomic E-state index is 2.43. The first-order valence-corrected chi connectivity index (χ1v) is 19.1. The van der Waals surface area contributed by atoms with Gasteiger partial charge in [0.05, 0.1) is 5.69 Å².